The van der Waals surface area contributed by atoms with Gasteiger partial charge in [0.05, 0.1) is 0 Å². The summed E-state index contributed by atoms with van der Waals surface area (Å²) in [6, 6.07) is 6.55. The van der Waals surface area contributed by atoms with Gasteiger partial charge in [-0.1, -0.05) is 86.8 Å². The lowest BCUT2D eigenvalue weighted by atomic mass is 9.67. The van der Waals surface area contributed by atoms with Gasteiger partial charge >= 0.3 is 5.97 Å². The second-order valence-corrected chi connectivity index (χ2v) is 10.1. The van der Waals surface area contributed by atoms with Crippen LogP contribution in [0.25, 0.3) is 0 Å². The van der Waals surface area contributed by atoms with Crippen molar-refractivity contribution in [2.45, 2.75) is 93.9 Å². The number of aryl methyl sites for hydroxylation is 1. The minimum Gasteiger partial charge on any atom is -0.508 e. The number of phenolic OH excluding ortho intramolecular Hbond substituents is 1. The average molecular weight is 393 g/mol. The second-order valence-electron chi connectivity index (χ2n) is 10.1. The third-order valence-corrected chi connectivity index (χ3v) is 5.71. The predicted molar refractivity (Wildman–Crippen MR) is 120 cm³/mol. The van der Waals surface area contributed by atoms with Crippen molar-refractivity contribution in [1.29, 1.82) is 0 Å². The molecule has 0 fully saturated rings. The van der Waals surface area contributed by atoms with Crippen molar-refractivity contribution < 1.29 is 15.0 Å². The fraction of sp³-hybridized carbons (Fsp3) is 0.720. The van der Waals surface area contributed by atoms with E-state index in [1.165, 1.54) is 25.7 Å². The predicted octanol–water partition coefficient (Wildman–Crippen LogP) is 7.32. The zero-order valence-corrected chi connectivity index (χ0v) is 19.5. The summed E-state index contributed by atoms with van der Waals surface area (Å²) in [6.07, 6.45) is 6.07. The summed E-state index contributed by atoms with van der Waals surface area (Å²) in [7, 11) is 0. The van der Waals surface area contributed by atoms with Crippen molar-refractivity contribution in [2.24, 2.45) is 22.7 Å². The Labute approximate surface area is 173 Å². The van der Waals surface area contributed by atoms with E-state index in [0.29, 0.717) is 17.3 Å². The topological polar surface area (TPSA) is 57.5 Å². The number of aliphatic carboxylic acids is 1. The summed E-state index contributed by atoms with van der Waals surface area (Å²) in [4.78, 5) is 10.2. The van der Waals surface area contributed by atoms with Crippen LogP contribution in [0, 0.1) is 22.7 Å². The van der Waals surface area contributed by atoms with Crippen LogP contribution in [-0.2, 0) is 11.2 Å². The van der Waals surface area contributed by atoms with E-state index in [4.69, 9.17) is 10.2 Å². The van der Waals surface area contributed by atoms with Crippen molar-refractivity contribution in [3.8, 4) is 5.75 Å². The molecule has 0 heterocycles. The van der Waals surface area contributed by atoms with Crippen LogP contribution in [-0.4, -0.2) is 16.2 Å². The van der Waals surface area contributed by atoms with Gasteiger partial charge in [0.15, 0.2) is 0 Å². The van der Waals surface area contributed by atoms with Gasteiger partial charge in [0.1, 0.15) is 5.75 Å². The van der Waals surface area contributed by atoms with Gasteiger partial charge in [0.2, 0.25) is 0 Å². The molecule has 0 bridgehead atoms. The van der Waals surface area contributed by atoms with Gasteiger partial charge in [-0.2, -0.15) is 0 Å². The minimum atomic E-state index is -0.803. The van der Waals surface area contributed by atoms with E-state index in [9.17, 15) is 4.79 Å². The van der Waals surface area contributed by atoms with Crippen LogP contribution < -0.4 is 0 Å². The van der Waals surface area contributed by atoms with Crippen LogP contribution in [0.5, 0.6) is 5.75 Å². The first-order chi connectivity index (χ1) is 12.8. The fourth-order valence-electron chi connectivity index (χ4n) is 3.64. The maximum Gasteiger partial charge on any atom is 0.303 e. The third-order valence-electron chi connectivity index (χ3n) is 5.71. The highest BCUT2D eigenvalue weighted by molar-refractivity contribution is 5.67. The molecule has 1 rings (SSSR count). The molecule has 0 saturated carbocycles. The molecule has 3 nitrogen and oxygen atoms in total. The van der Waals surface area contributed by atoms with Gasteiger partial charge in [-0.15, -0.1) is 0 Å². The molecule has 3 heteroatoms. The maximum absolute atomic E-state index is 10.2. The van der Waals surface area contributed by atoms with Crippen LogP contribution in [0.15, 0.2) is 24.3 Å². The molecule has 0 radical (unpaired) electrons. The van der Waals surface area contributed by atoms with Crippen LogP contribution >= 0.6 is 0 Å². The number of carboxylic acids is 1. The van der Waals surface area contributed by atoms with E-state index in [1.807, 2.05) is 0 Å². The summed E-state index contributed by atoms with van der Waals surface area (Å²) < 4.78 is 0. The molecule has 0 aliphatic heterocycles. The number of hydrogen-bond donors (Lipinski definition) is 2. The molecular formula is C25H44O3. The van der Waals surface area contributed by atoms with E-state index in [-0.39, 0.29) is 12.2 Å². The Morgan fingerprint density at radius 2 is 1.43 bits per heavy atom. The molecule has 0 aromatic heterocycles. The first kappa shape index (κ1) is 26.5. The minimum absolute atomic E-state index is 0.130. The van der Waals surface area contributed by atoms with Gasteiger partial charge in [0.25, 0.3) is 0 Å². The lowest BCUT2D eigenvalue weighted by Crippen LogP contribution is -2.28. The molecule has 0 saturated heterocycles. The van der Waals surface area contributed by atoms with Gasteiger partial charge in [-0.3, -0.25) is 4.79 Å². The number of hydrogen-bond acceptors (Lipinski definition) is 2. The molecule has 0 amide bonds. The van der Waals surface area contributed by atoms with Crippen LogP contribution in [0.1, 0.15) is 93.1 Å². The normalized spacial score (nSPS) is 14.0. The summed E-state index contributed by atoms with van der Waals surface area (Å²) in [5, 5.41) is 17.3. The molecule has 1 aromatic rings. The number of carbonyl (C=O) groups is 1. The van der Waals surface area contributed by atoms with Gasteiger partial charge in [-0.25, -0.2) is 0 Å². The number of carboxylic acid groups (broad SMARTS) is 1. The Hall–Kier alpha value is -1.51. The zero-order chi connectivity index (χ0) is 22.0. The van der Waals surface area contributed by atoms with Gasteiger partial charge < -0.3 is 10.2 Å². The Balaban J connectivity index is 0.000000540. The van der Waals surface area contributed by atoms with E-state index in [1.54, 1.807) is 24.3 Å². The number of rotatable bonds is 8. The fourth-order valence-corrected chi connectivity index (χ4v) is 3.64. The number of aromatic hydroxyl groups is 1. The summed E-state index contributed by atoms with van der Waals surface area (Å²) in [6.45, 7) is 19.1. The van der Waals surface area contributed by atoms with Crippen molar-refractivity contribution in [3.63, 3.8) is 0 Å². The van der Waals surface area contributed by atoms with Crippen molar-refractivity contribution in [2.75, 3.05) is 0 Å². The maximum atomic E-state index is 10.2. The lowest BCUT2D eigenvalue weighted by Gasteiger charge is -2.38. The summed E-state index contributed by atoms with van der Waals surface area (Å²) in [5.41, 5.74) is 1.86. The van der Waals surface area contributed by atoms with E-state index in [0.717, 1.165) is 17.4 Å². The molecule has 162 valence electrons. The molecule has 1 aromatic carbocycles. The number of benzene rings is 1. The largest absolute Gasteiger partial charge is 0.508 e. The molecule has 2 N–H and O–H groups in total. The quantitative estimate of drug-likeness (QED) is 0.487. The molecule has 28 heavy (non-hydrogen) atoms. The smallest absolute Gasteiger partial charge is 0.303 e. The first-order valence-corrected chi connectivity index (χ1v) is 10.8. The van der Waals surface area contributed by atoms with Crippen LogP contribution in [0.4, 0.5) is 0 Å². The Kier molecular flexibility index (Phi) is 11.5. The lowest BCUT2D eigenvalue weighted by molar-refractivity contribution is -0.136. The molecule has 0 spiro atoms. The molecular weight excluding hydrogens is 348 g/mol. The first-order valence-electron chi connectivity index (χ1n) is 10.8. The molecule has 2 unspecified atom stereocenters. The highest BCUT2D eigenvalue weighted by Crippen LogP contribution is 2.41. The molecule has 0 aliphatic carbocycles. The highest BCUT2D eigenvalue weighted by atomic mass is 16.4. The Morgan fingerprint density at radius 3 is 1.79 bits per heavy atom. The standard InChI is InChI=1S/C16H34.C9H10O3/c1-9-11-14(16(6,7)8)12-13(10-2)15(3,4)5;10-8-4-1-7(2-5-8)3-6-9(11)12/h13-14H,9-12H2,1-8H3;1-2,4-5,10H,3,6H2,(H,11,12). The van der Waals surface area contributed by atoms with Crippen molar-refractivity contribution >= 4 is 5.97 Å². The van der Waals surface area contributed by atoms with Crippen LogP contribution in [0.2, 0.25) is 0 Å². The van der Waals surface area contributed by atoms with Gasteiger partial charge in [0, 0.05) is 6.42 Å². The van der Waals surface area contributed by atoms with E-state index in [2.05, 4.69) is 55.4 Å². The van der Waals surface area contributed by atoms with Gasteiger partial charge in [-0.05, 0) is 53.2 Å². The second kappa shape index (κ2) is 12.1. The molecule has 0 aliphatic rings. The Bertz CT molecular complexity index is 547. The number of phenols is 1. The van der Waals surface area contributed by atoms with Crippen molar-refractivity contribution in [3.05, 3.63) is 29.8 Å². The highest BCUT2D eigenvalue weighted by Gasteiger charge is 2.31. The summed E-state index contributed by atoms with van der Waals surface area (Å²) in [5.74, 6) is 1.14. The Morgan fingerprint density at radius 1 is 0.929 bits per heavy atom. The summed E-state index contributed by atoms with van der Waals surface area (Å²) >= 11 is 0. The molecule has 2 atom stereocenters. The third kappa shape index (κ3) is 11.4. The van der Waals surface area contributed by atoms with Crippen LogP contribution in [0.3, 0.4) is 0 Å². The monoisotopic (exact) mass is 392 g/mol. The SMILES string of the molecule is CCCC(CC(CC)C(C)(C)C)C(C)(C)C.O=C(O)CCc1ccc(O)cc1. The van der Waals surface area contributed by atoms with Crippen molar-refractivity contribution in [1.82, 2.24) is 0 Å². The zero-order valence-electron chi connectivity index (χ0n) is 19.5. The van der Waals surface area contributed by atoms with E-state index < -0.39 is 5.97 Å². The average Bonchev–Trinajstić information content (AvgIpc) is 2.56. The van der Waals surface area contributed by atoms with E-state index >= 15 is 0 Å².